The van der Waals surface area contributed by atoms with Crippen molar-refractivity contribution >= 4 is 23.6 Å². The van der Waals surface area contributed by atoms with Gasteiger partial charge in [0.25, 0.3) is 0 Å². The van der Waals surface area contributed by atoms with Crippen LogP contribution in [0.5, 0.6) is 0 Å². The molecular formula is C15H17N3O5S. The molecule has 1 N–H and O–H groups in total. The molecule has 1 amide bonds. The van der Waals surface area contributed by atoms with E-state index in [1.807, 2.05) is 0 Å². The number of furan rings is 1. The van der Waals surface area contributed by atoms with Crippen molar-refractivity contribution < 1.29 is 23.6 Å². The molecule has 0 radical (unpaired) electrons. The highest BCUT2D eigenvalue weighted by Crippen LogP contribution is 2.21. The van der Waals surface area contributed by atoms with E-state index >= 15 is 0 Å². The van der Waals surface area contributed by atoms with Crippen molar-refractivity contribution in [2.75, 3.05) is 18.1 Å². The molecule has 9 heteroatoms. The zero-order valence-corrected chi connectivity index (χ0v) is 13.7. The first-order chi connectivity index (χ1) is 11.6. The number of aromatic nitrogens is 2. The van der Waals surface area contributed by atoms with Crippen molar-refractivity contribution in [1.29, 1.82) is 0 Å². The van der Waals surface area contributed by atoms with Crippen LogP contribution in [0.25, 0.3) is 11.6 Å². The molecule has 1 atom stereocenters. The highest BCUT2D eigenvalue weighted by molar-refractivity contribution is 7.99. The van der Waals surface area contributed by atoms with Gasteiger partial charge in [0.05, 0.1) is 18.7 Å². The number of rotatable bonds is 6. The van der Waals surface area contributed by atoms with Crippen molar-refractivity contribution in [2.24, 2.45) is 0 Å². The van der Waals surface area contributed by atoms with Gasteiger partial charge in [0.2, 0.25) is 17.6 Å². The Hall–Kier alpha value is -2.29. The molecule has 3 rings (SSSR count). The highest BCUT2D eigenvalue weighted by Gasteiger charge is 2.28. The van der Waals surface area contributed by atoms with Gasteiger partial charge in [-0.05, 0) is 12.1 Å². The first-order valence-electron chi connectivity index (χ1n) is 7.59. The molecule has 1 unspecified atom stereocenters. The van der Waals surface area contributed by atoms with Gasteiger partial charge in [0.15, 0.2) is 5.76 Å². The lowest BCUT2D eigenvalue weighted by Crippen LogP contribution is -2.47. The molecular weight excluding hydrogens is 334 g/mol. The maximum absolute atomic E-state index is 12.4. The summed E-state index contributed by atoms with van der Waals surface area (Å²) in [6.07, 6.45) is 2.02. The van der Waals surface area contributed by atoms with Crippen molar-refractivity contribution in [2.45, 2.75) is 25.3 Å². The van der Waals surface area contributed by atoms with Crippen LogP contribution in [-0.4, -0.2) is 56.1 Å². The molecule has 3 heterocycles. The van der Waals surface area contributed by atoms with E-state index in [-0.39, 0.29) is 24.8 Å². The van der Waals surface area contributed by atoms with Gasteiger partial charge in [0.1, 0.15) is 0 Å². The summed E-state index contributed by atoms with van der Waals surface area (Å²) in [6, 6.07) is 3.20. The first kappa shape index (κ1) is 16.6. The minimum atomic E-state index is -0.889. The van der Waals surface area contributed by atoms with E-state index in [4.69, 9.17) is 14.0 Å². The fourth-order valence-corrected chi connectivity index (χ4v) is 3.64. The van der Waals surface area contributed by atoms with Crippen LogP contribution in [-0.2, 0) is 16.0 Å². The lowest BCUT2D eigenvalue weighted by atomic mass is 10.1. The quantitative estimate of drug-likeness (QED) is 0.837. The molecule has 1 fully saturated rings. The summed E-state index contributed by atoms with van der Waals surface area (Å²) in [5.41, 5.74) is 0. The highest BCUT2D eigenvalue weighted by atomic mass is 32.2. The molecule has 128 valence electrons. The monoisotopic (exact) mass is 351 g/mol. The number of hydrogen-bond donors (Lipinski definition) is 1. The zero-order chi connectivity index (χ0) is 16.9. The van der Waals surface area contributed by atoms with E-state index in [1.54, 1.807) is 28.8 Å². The minimum absolute atomic E-state index is 0.0259. The number of carbonyl (C=O) groups excluding carboxylic acids is 1. The summed E-state index contributed by atoms with van der Waals surface area (Å²) in [6.45, 7) is 0.572. The van der Waals surface area contributed by atoms with E-state index in [2.05, 4.69) is 10.1 Å². The third kappa shape index (κ3) is 3.97. The number of thioether (sulfide) groups is 1. The second-order valence-electron chi connectivity index (χ2n) is 5.40. The van der Waals surface area contributed by atoms with Gasteiger partial charge in [-0.3, -0.25) is 9.59 Å². The Morgan fingerprint density at radius 1 is 1.46 bits per heavy atom. The number of amides is 1. The Kier molecular flexibility index (Phi) is 5.19. The fourth-order valence-electron chi connectivity index (χ4n) is 2.57. The lowest BCUT2D eigenvalue weighted by molar-refractivity contribution is -0.140. The predicted octanol–water partition coefficient (Wildman–Crippen LogP) is 1.68. The topological polar surface area (TPSA) is 110 Å². The molecule has 24 heavy (non-hydrogen) atoms. The number of hydrogen-bond acceptors (Lipinski definition) is 7. The summed E-state index contributed by atoms with van der Waals surface area (Å²) < 4.78 is 10.3. The summed E-state index contributed by atoms with van der Waals surface area (Å²) in [5.74, 6) is 1.72. The first-order valence-corrected chi connectivity index (χ1v) is 8.74. The Morgan fingerprint density at radius 2 is 2.33 bits per heavy atom. The molecule has 0 aromatic carbocycles. The van der Waals surface area contributed by atoms with Crippen LogP contribution in [0.2, 0.25) is 0 Å². The van der Waals surface area contributed by atoms with Crippen molar-refractivity contribution in [3.63, 3.8) is 0 Å². The Balaban J connectivity index is 1.57. The molecule has 1 saturated heterocycles. The smallest absolute Gasteiger partial charge is 0.305 e. The molecule has 2 aromatic rings. The number of carboxylic acid groups (broad SMARTS) is 1. The van der Waals surface area contributed by atoms with E-state index in [0.29, 0.717) is 36.2 Å². The standard InChI is InChI=1S/C15H17N3O5S/c19-13(18-5-7-24-9-10(18)8-14(20)21)4-3-12-16-15(17-23-12)11-2-1-6-22-11/h1-2,6,10H,3-5,7-9H2,(H,20,21). The van der Waals surface area contributed by atoms with Crippen LogP contribution < -0.4 is 0 Å². The maximum Gasteiger partial charge on any atom is 0.305 e. The Bertz CT molecular complexity index is 700. The second-order valence-corrected chi connectivity index (χ2v) is 6.55. The van der Waals surface area contributed by atoms with Crippen LogP contribution in [0.4, 0.5) is 0 Å². The van der Waals surface area contributed by atoms with Gasteiger partial charge in [-0.2, -0.15) is 16.7 Å². The van der Waals surface area contributed by atoms with Crippen LogP contribution in [0.1, 0.15) is 18.7 Å². The molecule has 1 aliphatic heterocycles. The predicted molar refractivity (Wildman–Crippen MR) is 85.4 cm³/mol. The molecule has 0 spiro atoms. The van der Waals surface area contributed by atoms with Gasteiger partial charge < -0.3 is 18.9 Å². The van der Waals surface area contributed by atoms with Crippen LogP contribution in [0, 0.1) is 0 Å². The average Bonchev–Trinajstić information content (AvgIpc) is 3.24. The van der Waals surface area contributed by atoms with Gasteiger partial charge >= 0.3 is 5.97 Å². The van der Waals surface area contributed by atoms with E-state index in [1.165, 1.54) is 6.26 Å². The third-order valence-electron chi connectivity index (χ3n) is 3.72. The molecule has 0 bridgehead atoms. The SMILES string of the molecule is O=C(O)CC1CSCCN1C(=O)CCc1nc(-c2ccco2)no1. The summed E-state index contributed by atoms with van der Waals surface area (Å²) >= 11 is 1.67. The van der Waals surface area contributed by atoms with Gasteiger partial charge in [-0.15, -0.1) is 0 Å². The average molecular weight is 351 g/mol. The minimum Gasteiger partial charge on any atom is -0.481 e. The number of carbonyl (C=O) groups is 2. The lowest BCUT2D eigenvalue weighted by Gasteiger charge is -2.34. The Morgan fingerprint density at radius 3 is 3.08 bits per heavy atom. The summed E-state index contributed by atoms with van der Waals surface area (Å²) in [7, 11) is 0. The zero-order valence-electron chi connectivity index (χ0n) is 12.9. The molecule has 0 aliphatic carbocycles. The number of aliphatic carboxylic acids is 1. The summed E-state index contributed by atoms with van der Waals surface area (Å²) in [5, 5.41) is 12.8. The Labute approximate surface area is 142 Å². The molecule has 1 aliphatic rings. The number of nitrogens with zero attached hydrogens (tertiary/aromatic N) is 3. The largest absolute Gasteiger partial charge is 0.481 e. The van der Waals surface area contributed by atoms with Crippen molar-refractivity contribution in [3.05, 3.63) is 24.3 Å². The number of carboxylic acids is 1. The van der Waals surface area contributed by atoms with Crippen LogP contribution in [0.3, 0.4) is 0 Å². The van der Waals surface area contributed by atoms with Crippen molar-refractivity contribution in [1.82, 2.24) is 15.0 Å². The molecule has 0 saturated carbocycles. The van der Waals surface area contributed by atoms with Crippen LogP contribution in [0.15, 0.2) is 27.3 Å². The maximum atomic E-state index is 12.4. The van der Waals surface area contributed by atoms with Gasteiger partial charge in [-0.1, -0.05) is 5.16 Å². The van der Waals surface area contributed by atoms with Gasteiger partial charge in [-0.25, -0.2) is 0 Å². The van der Waals surface area contributed by atoms with E-state index < -0.39 is 5.97 Å². The second kappa shape index (κ2) is 7.52. The molecule has 8 nitrogen and oxygen atoms in total. The van der Waals surface area contributed by atoms with Gasteiger partial charge in [0, 0.05) is 30.9 Å². The van der Waals surface area contributed by atoms with Crippen LogP contribution >= 0.6 is 11.8 Å². The van der Waals surface area contributed by atoms with E-state index in [0.717, 1.165) is 5.75 Å². The fraction of sp³-hybridized carbons (Fsp3) is 0.467. The summed E-state index contributed by atoms with van der Waals surface area (Å²) in [4.78, 5) is 29.2. The van der Waals surface area contributed by atoms with Crippen molar-refractivity contribution in [3.8, 4) is 11.6 Å². The van der Waals surface area contributed by atoms with E-state index in [9.17, 15) is 9.59 Å². The third-order valence-corrected chi connectivity index (χ3v) is 4.81. The normalized spacial score (nSPS) is 17.8. The number of aryl methyl sites for hydroxylation is 1. The molecule has 2 aromatic heterocycles.